The second kappa shape index (κ2) is 6.41. The van der Waals surface area contributed by atoms with Crippen molar-refractivity contribution >= 4 is 53.7 Å². The Morgan fingerprint density at radius 2 is 1.21 bits per heavy atom. The zero-order valence-electron chi connectivity index (χ0n) is 12.6. The van der Waals surface area contributed by atoms with E-state index < -0.39 is 20.6 Å². The summed E-state index contributed by atoms with van der Waals surface area (Å²) < 4.78 is 14.7. The van der Waals surface area contributed by atoms with Gasteiger partial charge in [0.2, 0.25) is 7.51 Å². The van der Waals surface area contributed by atoms with Crippen LogP contribution in [0.4, 0.5) is 0 Å². The summed E-state index contributed by atoms with van der Waals surface area (Å²) in [5.41, 5.74) is 0. The van der Waals surface area contributed by atoms with Crippen LogP contribution in [0, 0.1) is 0 Å². The molecule has 1 fully saturated rings. The molecule has 2 aromatic carbocycles. The van der Waals surface area contributed by atoms with Crippen LogP contribution in [0.15, 0.2) is 74.2 Å². The molecule has 0 atom stereocenters. The van der Waals surface area contributed by atoms with Gasteiger partial charge in [-0.2, -0.15) is 4.52 Å². The van der Waals surface area contributed by atoms with Gasteiger partial charge in [0.25, 0.3) is 5.91 Å². The Bertz CT molecular complexity index is 870. The fourth-order valence-electron chi connectivity index (χ4n) is 2.79. The first kappa shape index (κ1) is 17.1. The van der Waals surface area contributed by atoms with Crippen molar-refractivity contribution in [3.8, 4) is 0 Å². The van der Waals surface area contributed by atoms with Gasteiger partial charge in [-0.25, -0.2) is 9.03 Å². The fraction of sp³-hybridized carbons (Fsp3) is 0.143. The van der Waals surface area contributed by atoms with Gasteiger partial charge in [-0.1, -0.05) is 60.7 Å². The molecule has 1 spiro atoms. The molecule has 0 saturated carbocycles. The molecule has 2 N–H and O–H groups in total. The van der Waals surface area contributed by atoms with E-state index in [4.69, 9.17) is 31.5 Å². The summed E-state index contributed by atoms with van der Waals surface area (Å²) >= 11 is 13.2. The lowest BCUT2D eigenvalue weighted by molar-refractivity contribution is 0.942. The Balaban J connectivity index is 2.11. The molecule has 1 saturated heterocycles. The van der Waals surface area contributed by atoms with E-state index >= 15 is 0 Å². The monoisotopic (exact) mass is 417 g/mol. The van der Waals surface area contributed by atoms with E-state index in [0.717, 1.165) is 23.7 Å². The van der Waals surface area contributed by atoms with E-state index in [1.165, 1.54) is 0 Å². The Labute approximate surface area is 151 Å². The molecule has 0 aromatic heterocycles. The average molecular weight is 418 g/mol. The fourth-order valence-corrected chi connectivity index (χ4v) is 16.8. The molecule has 0 aliphatic carbocycles. The first-order valence-corrected chi connectivity index (χ1v) is 14.4. The van der Waals surface area contributed by atoms with Crippen LogP contribution in [-0.2, 0) is 0 Å². The second-order valence-corrected chi connectivity index (χ2v) is 15.9. The van der Waals surface area contributed by atoms with Crippen LogP contribution in [-0.4, -0.2) is 13.1 Å². The Morgan fingerprint density at radius 1 is 0.708 bits per heavy atom. The van der Waals surface area contributed by atoms with E-state index in [1.54, 1.807) is 0 Å². The van der Waals surface area contributed by atoms with Crippen molar-refractivity contribution in [3.63, 3.8) is 0 Å². The SMILES string of the molecule is ClP1(Cl)=NP2(=NP(c3ccccc3)(c3ccccc3)=N1)NCCN2. The molecule has 2 aromatic rings. The molecule has 4 rings (SSSR count). The summed E-state index contributed by atoms with van der Waals surface area (Å²) in [6.07, 6.45) is 0. The summed E-state index contributed by atoms with van der Waals surface area (Å²) in [7, 11) is -4.79. The summed E-state index contributed by atoms with van der Waals surface area (Å²) in [5.74, 6) is -2.83. The standard InChI is InChI=1S/C14H16Cl2N5P3/c15-23(16)19-22(13-7-3-1-4-8-13,14-9-5-2-6-10-14)20-24(21-23)17-11-12-18-24/h1-10,17-18H,11-12H2. The third-order valence-electron chi connectivity index (χ3n) is 3.76. The highest BCUT2D eigenvalue weighted by Gasteiger charge is 2.38. The minimum Gasteiger partial charge on any atom is -0.252 e. The number of hydrogen-bond donors (Lipinski definition) is 2. The van der Waals surface area contributed by atoms with E-state index in [1.807, 2.05) is 36.4 Å². The quantitative estimate of drug-likeness (QED) is 0.648. The molecular formula is C14H16Cl2N5P3. The number of halogens is 2. The van der Waals surface area contributed by atoms with Crippen LogP contribution in [0.3, 0.4) is 0 Å². The third-order valence-corrected chi connectivity index (χ3v) is 15.4. The normalized spacial score (nSPS) is 23.1. The van der Waals surface area contributed by atoms with Crippen molar-refractivity contribution in [2.45, 2.75) is 0 Å². The van der Waals surface area contributed by atoms with Crippen LogP contribution in [0.25, 0.3) is 0 Å². The van der Waals surface area contributed by atoms with Crippen LogP contribution < -0.4 is 20.8 Å². The van der Waals surface area contributed by atoms with Crippen LogP contribution in [0.5, 0.6) is 0 Å². The van der Waals surface area contributed by atoms with E-state index in [9.17, 15) is 0 Å². The summed E-state index contributed by atoms with van der Waals surface area (Å²) in [4.78, 5) is 0. The summed E-state index contributed by atoms with van der Waals surface area (Å²) in [5, 5.41) is 8.93. The van der Waals surface area contributed by atoms with Gasteiger partial charge in [-0.3, -0.25) is 10.2 Å². The van der Waals surface area contributed by atoms with Crippen molar-refractivity contribution in [2.24, 2.45) is 13.5 Å². The number of nitrogens with one attached hydrogen (secondary N) is 2. The summed E-state index contributed by atoms with van der Waals surface area (Å²) in [6, 6.07) is 20.2. The average Bonchev–Trinajstić information content (AvgIpc) is 3.02. The highest BCUT2D eigenvalue weighted by atomic mass is 35.9. The molecule has 0 radical (unpaired) electrons. The summed E-state index contributed by atoms with van der Waals surface area (Å²) in [6.45, 7) is 1.61. The Hall–Kier alpha value is -0.370. The van der Waals surface area contributed by atoms with Crippen molar-refractivity contribution in [1.29, 1.82) is 0 Å². The second-order valence-electron chi connectivity index (χ2n) is 5.41. The van der Waals surface area contributed by atoms with E-state index in [2.05, 4.69) is 39.0 Å². The molecule has 10 heteroatoms. The molecule has 0 bridgehead atoms. The predicted octanol–water partition coefficient (Wildman–Crippen LogP) is 5.33. The molecule has 126 valence electrons. The lowest BCUT2D eigenvalue weighted by Gasteiger charge is -2.30. The molecule has 2 heterocycles. The van der Waals surface area contributed by atoms with Crippen molar-refractivity contribution in [1.82, 2.24) is 10.2 Å². The zero-order valence-corrected chi connectivity index (χ0v) is 16.8. The molecule has 2 aliphatic heterocycles. The maximum atomic E-state index is 6.58. The number of benzene rings is 2. The van der Waals surface area contributed by atoms with Gasteiger partial charge in [0.1, 0.15) is 7.21 Å². The van der Waals surface area contributed by atoms with Crippen LogP contribution in [0.1, 0.15) is 0 Å². The minimum absolute atomic E-state index is 0.804. The first-order valence-electron chi connectivity index (χ1n) is 7.46. The van der Waals surface area contributed by atoms with Gasteiger partial charge in [0.05, 0.1) is 0 Å². The Kier molecular flexibility index (Phi) is 4.56. The molecular weight excluding hydrogens is 402 g/mol. The zero-order chi connectivity index (χ0) is 16.7. The van der Waals surface area contributed by atoms with Crippen molar-refractivity contribution < 1.29 is 0 Å². The minimum atomic E-state index is -2.83. The highest BCUT2D eigenvalue weighted by molar-refractivity contribution is 8.14. The Morgan fingerprint density at radius 3 is 1.71 bits per heavy atom. The van der Waals surface area contributed by atoms with Gasteiger partial charge in [-0.05, 0) is 22.5 Å². The number of hydrogen-bond acceptors (Lipinski definition) is 5. The lowest BCUT2D eigenvalue weighted by atomic mass is 10.4. The van der Waals surface area contributed by atoms with Crippen molar-refractivity contribution in [3.05, 3.63) is 60.7 Å². The smallest absolute Gasteiger partial charge is 0.252 e. The number of rotatable bonds is 2. The first-order chi connectivity index (χ1) is 11.5. The molecule has 0 amide bonds. The lowest BCUT2D eigenvalue weighted by Crippen LogP contribution is -2.17. The van der Waals surface area contributed by atoms with E-state index in [0.29, 0.717) is 0 Å². The van der Waals surface area contributed by atoms with Crippen molar-refractivity contribution in [2.75, 3.05) is 13.1 Å². The third kappa shape index (κ3) is 3.08. The van der Waals surface area contributed by atoms with Crippen LogP contribution >= 0.6 is 43.1 Å². The molecule has 24 heavy (non-hydrogen) atoms. The van der Waals surface area contributed by atoms with Crippen LogP contribution in [0.2, 0.25) is 0 Å². The molecule has 2 aliphatic rings. The van der Waals surface area contributed by atoms with Gasteiger partial charge < -0.3 is 0 Å². The molecule has 5 nitrogen and oxygen atoms in total. The maximum absolute atomic E-state index is 6.58. The predicted molar refractivity (Wildman–Crippen MR) is 108 cm³/mol. The van der Waals surface area contributed by atoms with E-state index in [-0.39, 0.29) is 0 Å². The van der Waals surface area contributed by atoms with Gasteiger partial charge in [-0.15, -0.1) is 0 Å². The van der Waals surface area contributed by atoms with Gasteiger partial charge in [0, 0.05) is 23.7 Å². The van der Waals surface area contributed by atoms with Gasteiger partial charge in [0.15, 0.2) is 0 Å². The maximum Gasteiger partial charge on any atom is 0.256 e. The molecule has 0 unspecified atom stereocenters. The number of nitrogens with zero attached hydrogens (tertiary/aromatic N) is 3. The topological polar surface area (TPSA) is 61.1 Å². The van der Waals surface area contributed by atoms with Gasteiger partial charge >= 0.3 is 0 Å². The highest BCUT2D eigenvalue weighted by Crippen LogP contribution is 2.79. The largest absolute Gasteiger partial charge is 0.256 e.